The van der Waals surface area contributed by atoms with Gasteiger partial charge in [0.1, 0.15) is 18.0 Å². The molecule has 0 radical (unpaired) electrons. The van der Waals surface area contributed by atoms with E-state index in [4.69, 9.17) is 14.2 Å². The molecule has 0 saturated carbocycles. The maximum Gasteiger partial charge on any atom is 0.410 e. The summed E-state index contributed by atoms with van der Waals surface area (Å²) in [6.07, 6.45) is 4.11. The zero-order chi connectivity index (χ0) is 31.1. The van der Waals surface area contributed by atoms with Crippen LogP contribution in [0.25, 0.3) is 6.08 Å². The van der Waals surface area contributed by atoms with Gasteiger partial charge in [0.25, 0.3) is 0 Å². The lowest BCUT2D eigenvalue weighted by molar-refractivity contribution is -0.151. The Balaban J connectivity index is 1.56. The minimum absolute atomic E-state index is 0.0663. The summed E-state index contributed by atoms with van der Waals surface area (Å²) >= 11 is 0. The minimum atomic E-state index is -0.868. The Morgan fingerprint density at radius 3 is 2.53 bits per heavy atom. The Morgan fingerprint density at radius 1 is 1.07 bits per heavy atom. The lowest BCUT2D eigenvalue weighted by atomic mass is 9.91. The third kappa shape index (κ3) is 9.27. The number of carbonyl (C=O) groups is 2. The van der Waals surface area contributed by atoms with E-state index in [9.17, 15) is 19.1 Å². The number of aliphatic hydroxyl groups is 1. The number of hydrogen-bond acceptors (Lipinski definition) is 8. The molecule has 6 atom stereocenters. The van der Waals surface area contributed by atoms with Crippen LogP contribution in [-0.2, 0) is 19.0 Å². The number of piperazine rings is 1. The van der Waals surface area contributed by atoms with E-state index in [0.717, 1.165) is 17.8 Å². The number of rotatable bonds is 4. The Kier molecular flexibility index (Phi) is 11.6. The number of aliphatic hydroxyl groups excluding tert-OH is 1. The molecule has 2 fully saturated rings. The number of cyclic esters (lactones) is 1. The average molecular weight is 602 g/mol. The van der Waals surface area contributed by atoms with E-state index >= 15 is 0 Å². The summed E-state index contributed by atoms with van der Waals surface area (Å²) in [6.45, 7) is 12.4. The summed E-state index contributed by atoms with van der Waals surface area (Å²) in [6, 6.07) is 5.15. The Bertz CT molecular complexity index is 1170. The summed E-state index contributed by atoms with van der Waals surface area (Å²) in [5, 5.41) is 10.6. The zero-order valence-corrected chi connectivity index (χ0v) is 26.2. The molecule has 3 aliphatic heterocycles. The predicted molar refractivity (Wildman–Crippen MR) is 164 cm³/mol. The Labute approximate surface area is 255 Å². The first-order chi connectivity index (χ1) is 20.5. The monoisotopic (exact) mass is 601 g/mol. The fraction of sp³-hybridized carbons (Fsp3) is 0.636. The van der Waals surface area contributed by atoms with Crippen LogP contribution in [-0.4, -0.2) is 104 Å². The number of ether oxygens (including phenoxy) is 3. The van der Waals surface area contributed by atoms with Gasteiger partial charge in [0.2, 0.25) is 0 Å². The summed E-state index contributed by atoms with van der Waals surface area (Å²) in [4.78, 5) is 32.1. The third-order valence-electron chi connectivity index (χ3n) is 8.84. The number of esters is 1. The van der Waals surface area contributed by atoms with Crippen molar-refractivity contribution in [3.05, 3.63) is 47.3 Å². The Morgan fingerprint density at radius 2 is 1.81 bits per heavy atom. The molecule has 1 N–H and O–H groups in total. The molecule has 0 aliphatic carbocycles. The van der Waals surface area contributed by atoms with Gasteiger partial charge >= 0.3 is 12.1 Å². The van der Waals surface area contributed by atoms with Crippen LogP contribution in [0.4, 0.5) is 14.9 Å². The maximum absolute atomic E-state index is 14.7. The topological polar surface area (TPSA) is 91.8 Å². The fourth-order valence-corrected chi connectivity index (χ4v) is 5.88. The molecule has 238 valence electrons. The van der Waals surface area contributed by atoms with Crippen LogP contribution in [0.1, 0.15) is 52.5 Å². The second-order valence-corrected chi connectivity index (χ2v) is 12.4. The summed E-state index contributed by atoms with van der Waals surface area (Å²) in [7, 11) is 2.05. The molecule has 2 saturated heterocycles. The molecule has 0 aromatic heterocycles. The predicted octanol–water partition coefficient (Wildman–Crippen LogP) is 4.49. The first-order valence-corrected chi connectivity index (χ1v) is 15.5. The van der Waals surface area contributed by atoms with Gasteiger partial charge in [-0.2, -0.15) is 0 Å². The third-order valence-corrected chi connectivity index (χ3v) is 8.84. The molecule has 1 aromatic carbocycles. The number of likely N-dealkylation sites (N-methyl/N-ethyl adjacent to an activating group) is 1. The molecule has 10 heteroatoms. The quantitative estimate of drug-likeness (QED) is 0.399. The van der Waals surface area contributed by atoms with Crippen LogP contribution in [0.2, 0.25) is 0 Å². The molecule has 0 bridgehead atoms. The number of amides is 1. The Hall–Kier alpha value is -2.95. The number of morpholine rings is 1. The molecule has 1 aromatic rings. The first-order valence-electron chi connectivity index (χ1n) is 15.5. The number of carbonyl (C=O) groups excluding carboxylic acids is 2. The van der Waals surface area contributed by atoms with E-state index in [1.165, 1.54) is 12.1 Å². The summed E-state index contributed by atoms with van der Waals surface area (Å²) < 4.78 is 32.0. The van der Waals surface area contributed by atoms with Crippen LogP contribution in [0, 0.1) is 17.7 Å². The van der Waals surface area contributed by atoms with Crippen LogP contribution in [0.15, 0.2) is 35.9 Å². The van der Waals surface area contributed by atoms with Crippen molar-refractivity contribution in [2.24, 2.45) is 11.8 Å². The van der Waals surface area contributed by atoms with E-state index < -0.39 is 24.3 Å². The van der Waals surface area contributed by atoms with Gasteiger partial charge in [-0.05, 0) is 75.1 Å². The smallest absolute Gasteiger partial charge is 0.410 e. The van der Waals surface area contributed by atoms with E-state index in [-0.39, 0.29) is 36.2 Å². The van der Waals surface area contributed by atoms with Crippen molar-refractivity contribution in [1.82, 2.24) is 9.80 Å². The first kappa shape index (κ1) is 33.0. The highest BCUT2D eigenvalue weighted by molar-refractivity contribution is 5.71. The van der Waals surface area contributed by atoms with E-state index in [1.807, 2.05) is 45.1 Å². The van der Waals surface area contributed by atoms with Crippen molar-refractivity contribution in [3.8, 4) is 0 Å². The molecule has 0 unspecified atom stereocenters. The van der Waals surface area contributed by atoms with Crippen molar-refractivity contribution in [1.29, 1.82) is 0 Å². The van der Waals surface area contributed by atoms with Crippen molar-refractivity contribution in [2.75, 3.05) is 57.9 Å². The van der Waals surface area contributed by atoms with Crippen LogP contribution >= 0.6 is 0 Å². The largest absolute Gasteiger partial charge is 0.457 e. The molecule has 3 aliphatic rings. The van der Waals surface area contributed by atoms with Crippen molar-refractivity contribution < 1.29 is 33.3 Å². The number of benzene rings is 1. The minimum Gasteiger partial charge on any atom is -0.457 e. The van der Waals surface area contributed by atoms with Crippen molar-refractivity contribution >= 4 is 23.8 Å². The van der Waals surface area contributed by atoms with Gasteiger partial charge in [-0.25, -0.2) is 9.18 Å². The van der Waals surface area contributed by atoms with Gasteiger partial charge in [0.05, 0.1) is 25.7 Å². The van der Waals surface area contributed by atoms with E-state index in [0.29, 0.717) is 57.8 Å². The van der Waals surface area contributed by atoms with Gasteiger partial charge < -0.3 is 34.0 Å². The van der Waals surface area contributed by atoms with Gasteiger partial charge in [0.15, 0.2) is 0 Å². The molecule has 43 heavy (non-hydrogen) atoms. The molecular formula is C33H48FN3O6. The highest BCUT2D eigenvalue weighted by Gasteiger charge is 2.30. The van der Waals surface area contributed by atoms with Crippen LogP contribution in [0.5, 0.6) is 0 Å². The molecular weight excluding hydrogens is 553 g/mol. The molecule has 3 heterocycles. The van der Waals surface area contributed by atoms with Gasteiger partial charge in [0, 0.05) is 50.4 Å². The molecule has 9 nitrogen and oxygen atoms in total. The molecule has 4 rings (SSSR count). The molecule has 1 amide bonds. The summed E-state index contributed by atoms with van der Waals surface area (Å²) in [5.74, 6) is -1.17. The molecule has 0 spiro atoms. The number of nitrogens with zero attached hydrogens (tertiary/aromatic N) is 3. The number of hydrogen-bond donors (Lipinski definition) is 1. The second-order valence-electron chi connectivity index (χ2n) is 12.4. The van der Waals surface area contributed by atoms with Gasteiger partial charge in [-0.3, -0.25) is 4.79 Å². The summed E-state index contributed by atoms with van der Waals surface area (Å²) in [5.41, 5.74) is 2.19. The van der Waals surface area contributed by atoms with Crippen LogP contribution < -0.4 is 4.90 Å². The van der Waals surface area contributed by atoms with Crippen LogP contribution in [0.3, 0.4) is 0 Å². The lowest BCUT2D eigenvalue weighted by Crippen LogP contribution is -2.52. The lowest BCUT2D eigenvalue weighted by Gasteiger charge is -2.38. The number of anilines is 1. The van der Waals surface area contributed by atoms with Crippen molar-refractivity contribution in [3.63, 3.8) is 0 Å². The maximum atomic E-state index is 14.7. The van der Waals surface area contributed by atoms with Gasteiger partial charge in [-0.1, -0.05) is 26.0 Å². The fourth-order valence-electron chi connectivity index (χ4n) is 5.88. The number of halogens is 1. The van der Waals surface area contributed by atoms with Crippen molar-refractivity contribution in [2.45, 2.75) is 71.3 Å². The van der Waals surface area contributed by atoms with E-state index in [2.05, 4.69) is 23.8 Å². The standard InChI is InChI=1S/C33H48FN3O6/c1-22-6-8-29(38)20-31(39)43-32(23(2)7-9-30(22)42-33(40)37-11-10-35(5)25(4)21-37)24(3)16-26-17-27(34)19-28(18-26)36-12-14-41-15-13-36/h7,9,16-19,22-23,25,29-30,32,38H,6,8,10-15,20-21H2,1-5H3/b9-7+,24-16+/t22-,23-,25+,29+,30-,32-/m0/s1. The highest BCUT2D eigenvalue weighted by atomic mass is 19.1. The van der Waals surface area contributed by atoms with Gasteiger partial charge in [-0.15, -0.1) is 0 Å². The zero-order valence-electron chi connectivity index (χ0n) is 26.2. The SMILES string of the molecule is C/C(=C\c1cc(F)cc(N2CCOCC2)c1)[C@H]1OC(=O)C[C@H](O)CC[C@H](C)[C@@H](OC(=O)N2CCN(C)[C@H](C)C2)/C=C/[C@@H]1C. The van der Waals surface area contributed by atoms with E-state index in [1.54, 1.807) is 4.90 Å². The second kappa shape index (κ2) is 15.2. The highest BCUT2D eigenvalue weighted by Crippen LogP contribution is 2.27. The average Bonchev–Trinajstić information content (AvgIpc) is 2.97. The normalized spacial score (nSPS) is 31.0.